The molecule has 9 nitrogen and oxygen atoms in total. The van der Waals surface area contributed by atoms with Gasteiger partial charge in [0.1, 0.15) is 17.1 Å². The molecule has 32 heavy (non-hydrogen) atoms. The number of piperidine rings is 1. The number of rotatable bonds is 5. The van der Waals surface area contributed by atoms with Crippen LogP contribution in [-0.4, -0.2) is 68.3 Å². The van der Waals surface area contributed by atoms with E-state index >= 15 is 0 Å². The molecule has 2 saturated heterocycles. The number of nitrogens with one attached hydrogen (secondary N) is 1. The van der Waals surface area contributed by atoms with E-state index in [9.17, 15) is 14.4 Å². The standard InChI is InChI=1S/C23H33N3O6/c1-23(2,3)32-22(29)24-16-8-10-25(11-9-16)21(28)15-12-20(27)26(14-15)18-13-17(30-4)6-7-19(18)31-5/h6-7,13,15-16H,8-12,14H2,1-5H3,(H,24,29). The Kier molecular flexibility index (Phi) is 7.16. The van der Waals surface area contributed by atoms with Crippen LogP contribution in [0.2, 0.25) is 0 Å². The van der Waals surface area contributed by atoms with E-state index in [2.05, 4.69) is 5.32 Å². The van der Waals surface area contributed by atoms with Crippen molar-refractivity contribution in [3.63, 3.8) is 0 Å². The number of methoxy groups -OCH3 is 2. The molecular formula is C23H33N3O6. The molecule has 1 aromatic carbocycles. The average molecular weight is 448 g/mol. The van der Waals surface area contributed by atoms with Gasteiger partial charge in [-0.15, -0.1) is 0 Å². The molecule has 1 atom stereocenters. The minimum absolute atomic E-state index is 0.0292. The zero-order valence-electron chi connectivity index (χ0n) is 19.5. The molecule has 1 unspecified atom stereocenters. The van der Waals surface area contributed by atoms with Crippen molar-refractivity contribution < 1.29 is 28.6 Å². The molecule has 2 fully saturated rings. The number of hydrogen-bond acceptors (Lipinski definition) is 6. The minimum atomic E-state index is -0.549. The maximum absolute atomic E-state index is 13.1. The van der Waals surface area contributed by atoms with E-state index in [1.54, 1.807) is 42.2 Å². The number of carbonyl (C=O) groups is 3. The molecule has 0 spiro atoms. The van der Waals surface area contributed by atoms with Crippen LogP contribution in [0.4, 0.5) is 10.5 Å². The van der Waals surface area contributed by atoms with Gasteiger partial charge in [0.2, 0.25) is 11.8 Å². The second-order valence-electron chi connectivity index (χ2n) is 9.19. The van der Waals surface area contributed by atoms with Crippen molar-refractivity contribution in [3.8, 4) is 11.5 Å². The fraction of sp³-hybridized carbons (Fsp3) is 0.609. The van der Waals surface area contributed by atoms with E-state index in [1.165, 1.54) is 0 Å². The summed E-state index contributed by atoms with van der Waals surface area (Å²) < 4.78 is 16.0. The fourth-order valence-electron chi connectivity index (χ4n) is 4.09. The van der Waals surface area contributed by atoms with Crippen LogP contribution in [0.3, 0.4) is 0 Å². The van der Waals surface area contributed by atoms with Gasteiger partial charge in [0, 0.05) is 38.2 Å². The quantitative estimate of drug-likeness (QED) is 0.745. The number of alkyl carbamates (subject to hydrolysis) is 1. The molecule has 1 N–H and O–H groups in total. The maximum atomic E-state index is 13.1. The lowest BCUT2D eigenvalue weighted by atomic mass is 10.0. The van der Waals surface area contributed by atoms with E-state index in [1.807, 2.05) is 20.8 Å². The summed E-state index contributed by atoms with van der Waals surface area (Å²) in [5, 5.41) is 2.88. The Hall–Kier alpha value is -2.97. The summed E-state index contributed by atoms with van der Waals surface area (Å²) in [5.74, 6) is 0.618. The summed E-state index contributed by atoms with van der Waals surface area (Å²) in [7, 11) is 3.11. The van der Waals surface area contributed by atoms with Crippen LogP contribution < -0.4 is 19.7 Å². The lowest BCUT2D eigenvalue weighted by molar-refractivity contribution is -0.136. The Bertz CT molecular complexity index is 858. The Balaban J connectivity index is 1.57. The van der Waals surface area contributed by atoms with Crippen LogP contribution in [0.1, 0.15) is 40.0 Å². The highest BCUT2D eigenvalue weighted by Gasteiger charge is 2.39. The summed E-state index contributed by atoms with van der Waals surface area (Å²) in [6.45, 7) is 6.83. The van der Waals surface area contributed by atoms with Gasteiger partial charge in [-0.05, 0) is 45.7 Å². The smallest absolute Gasteiger partial charge is 0.407 e. The minimum Gasteiger partial charge on any atom is -0.497 e. The van der Waals surface area contributed by atoms with Crippen molar-refractivity contribution >= 4 is 23.6 Å². The van der Waals surface area contributed by atoms with Gasteiger partial charge in [-0.1, -0.05) is 0 Å². The van der Waals surface area contributed by atoms with Crippen molar-refractivity contribution in [3.05, 3.63) is 18.2 Å². The van der Waals surface area contributed by atoms with Gasteiger partial charge in [-0.2, -0.15) is 0 Å². The summed E-state index contributed by atoms with van der Waals surface area (Å²) in [6, 6.07) is 5.23. The monoisotopic (exact) mass is 447 g/mol. The van der Waals surface area contributed by atoms with Gasteiger partial charge >= 0.3 is 6.09 Å². The third kappa shape index (κ3) is 5.63. The number of ether oxygens (including phenoxy) is 3. The summed E-state index contributed by atoms with van der Waals surface area (Å²) in [5.41, 5.74) is 0.0556. The van der Waals surface area contributed by atoms with Gasteiger partial charge in [0.15, 0.2) is 0 Å². The van der Waals surface area contributed by atoms with Gasteiger partial charge < -0.3 is 29.3 Å². The van der Waals surface area contributed by atoms with Crippen LogP contribution in [0.5, 0.6) is 11.5 Å². The summed E-state index contributed by atoms with van der Waals surface area (Å²) in [4.78, 5) is 41.2. The van der Waals surface area contributed by atoms with Crippen molar-refractivity contribution in [1.82, 2.24) is 10.2 Å². The number of carbonyl (C=O) groups excluding carboxylic acids is 3. The van der Waals surface area contributed by atoms with Crippen molar-refractivity contribution in [2.24, 2.45) is 5.92 Å². The van der Waals surface area contributed by atoms with E-state index in [4.69, 9.17) is 14.2 Å². The van der Waals surface area contributed by atoms with Crippen molar-refractivity contribution in [2.75, 3.05) is 38.8 Å². The molecule has 0 aromatic heterocycles. The van der Waals surface area contributed by atoms with Crippen molar-refractivity contribution in [1.29, 1.82) is 0 Å². The molecule has 176 valence electrons. The third-order valence-corrected chi connectivity index (χ3v) is 5.68. The number of amides is 3. The normalized spacial score (nSPS) is 19.7. The first kappa shape index (κ1) is 23.7. The van der Waals surface area contributed by atoms with E-state index in [0.29, 0.717) is 49.7 Å². The van der Waals surface area contributed by atoms with Crippen LogP contribution in [0.15, 0.2) is 18.2 Å². The average Bonchev–Trinajstić information content (AvgIpc) is 3.13. The zero-order valence-corrected chi connectivity index (χ0v) is 19.5. The molecule has 0 aliphatic carbocycles. The SMILES string of the molecule is COc1ccc(OC)c(N2CC(C(=O)N3CCC(NC(=O)OC(C)(C)C)CC3)CC2=O)c1. The largest absolute Gasteiger partial charge is 0.497 e. The van der Waals surface area contributed by atoms with E-state index in [-0.39, 0.29) is 24.3 Å². The summed E-state index contributed by atoms with van der Waals surface area (Å²) in [6.07, 6.45) is 1.03. The highest BCUT2D eigenvalue weighted by Crippen LogP contribution is 2.36. The van der Waals surface area contributed by atoms with E-state index in [0.717, 1.165) is 0 Å². The lowest BCUT2D eigenvalue weighted by Gasteiger charge is -2.34. The van der Waals surface area contributed by atoms with Gasteiger partial charge in [0.05, 0.1) is 25.8 Å². The molecule has 3 rings (SSSR count). The van der Waals surface area contributed by atoms with Crippen LogP contribution in [0, 0.1) is 5.92 Å². The fourth-order valence-corrected chi connectivity index (χ4v) is 4.09. The predicted octanol–water partition coefficient (Wildman–Crippen LogP) is 2.57. The predicted molar refractivity (Wildman–Crippen MR) is 119 cm³/mol. The first-order valence-electron chi connectivity index (χ1n) is 10.9. The molecule has 0 bridgehead atoms. The van der Waals surface area contributed by atoms with Gasteiger partial charge in [0.25, 0.3) is 0 Å². The molecular weight excluding hydrogens is 414 g/mol. The second kappa shape index (κ2) is 9.67. The van der Waals surface area contributed by atoms with Gasteiger partial charge in [-0.25, -0.2) is 4.79 Å². The Morgan fingerprint density at radius 3 is 2.38 bits per heavy atom. The zero-order chi connectivity index (χ0) is 23.5. The molecule has 2 heterocycles. The summed E-state index contributed by atoms with van der Waals surface area (Å²) >= 11 is 0. The molecule has 9 heteroatoms. The topological polar surface area (TPSA) is 97.4 Å². The van der Waals surface area contributed by atoms with Crippen molar-refractivity contribution in [2.45, 2.75) is 51.7 Å². The van der Waals surface area contributed by atoms with Crippen LogP contribution in [-0.2, 0) is 14.3 Å². The Labute approximate surface area is 189 Å². The molecule has 3 amide bonds. The maximum Gasteiger partial charge on any atom is 0.407 e. The Morgan fingerprint density at radius 1 is 1.09 bits per heavy atom. The molecule has 0 saturated carbocycles. The molecule has 2 aliphatic heterocycles. The third-order valence-electron chi connectivity index (χ3n) is 5.68. The molecule has 0 radical (unpaired) electrons. The number of benzene rings is 1. The number of anilines is 1. The van der Waals surface area contributed by atoms with E-state index < -0.39 is 17.6 Å². The number of nitrogens with zero attached hydrogens (tertiary/aromatic N) is 2. The van der Waals surface area contributed by atoms with Crippen LogP contribution in [0.25, 0.3) is 0 Å². The highest BCUT2D eigenvalue weighted by atomic mass is 16.6. The molecule has 2 aliphatic rings. The van der Waals surface area contributed by atoms with Gasteiger partial charge in [-0.3, -0.25) is 9.59 Å². The second-order valence-corrected chi connectivity index (χ2v) is 9.19. The first-order valence-corrected chi connectivity index (χ1v) is 10.9. The number of likely N-dealkylation sites (tertiary alicyclic amines) is 1. The first-order chi connectivity index (χ1) is 15.1. The van der Waals surface area contributed by atoms with Crippen LogP contribution >= 0.6 is 0 Å². The number of hydrogen-bond donors (Lipinski definition) is 1. The highest BCUT2D eigenvalue weighted by molar-refractivity contribution is 6.01. The molecule has 1 aromatic rings. The Morgan fingerprint density at radius 2 is 1.78 bits per heavy atom. The lowest BCUT2D eigenvalue weighted by Crippen LogP contribution is -2.49.